The fourth-order valence-electron chi connectivity index (χ4n) is 3.72. The van der Waals surface area contributed by atoms with E-state index in [0.29, 0.717) is 0 Å². The highest BCUT2D eigenvalue weighted by atomic mass is 35.6. The molecule has 3 aromatic carbocycles. The Balaban J connectivity index is 1.63. The van der Waals surface area contributed by atoms with Crippen LogP contribution in [0, 0.1) is 5.41 Å². The monoisotopic (exact) mass is 605 g/mol. The molecule has 3 aromatic rings. The SMILES string of the molecule is N=C(OC1O[C@H](COC(=O)c2ccccc2)[C@@H](OC(=O)c2ccccc2)[C@@H]1OC(=O)c1ccccc1)C(Cl)(Cl)Cl. The van der Waals surface area contributed by atoms with Crippen molar-refractivity contribution < 1.29 is 38.1 Å². The lowest BCUT2D eigenvalue weighted by Crippen LogP contribution is -2.43. The van der Waals surface area contributed by atoms with Crippen molar-refractivity contribution in [1.29, 1.82) is 5.41 Å². The maximum Gasteiger partial charge on any atom is 0.338 e. The van der Waals surface area contributed by atoms with Crippen molar-refractivity contribution in [3.05, 3.63) is 108 Å². The summed E-state index contributed by atoms with van der Waals surface area (Å²) in [6, 6.07) is 24.3. The summed E-state index contributed by atoms with van der Waals surface area (Å²) < 4.78 is 25.8. The Hall–Kier alpha value is -3.63. The number of hydrogen-bond acceptors (Lipinski definition) is 9. The van der Waals surface area contributed by atoms with Crippen LogP contribution in [-0.4, -0.2) is 58.8 Å². The zero-order chi connectivity index (χ0) is 28.7. The van der Waals surface area contributed by atoms with Crippen LogP contribution >= 0.6 is 34.8 Å². The standard InChI is InChI=1S/C28H22Cl3NO8/c29-28(30,31)27(32)40-26-22(39-25(35)19-14-8-3-9-15-19)21(38-24(34)18-12-6-2-7-13-18)20(37-26)16-36-23(33)17-10-4-1-5-11-17/h1-15,20-22,26,32H,16H2/t20-,21-,22+,26?/m1/s1. The Morgan fingerprint density at radius 2 is 1.10 bits per heavy atom. The van der Waals surface area contributed by atoms with Crippen LogP contribution in [0.1, 0.15) is 31.1 Å². The molecule has 1 unspecified atom stereocenters. The smallest absolute Gasteiger partial charge is 0.338 e. The van der Waals surface area contributed by atoms with Crippen LogP contribution in [0.5, 0.6) is 0 Å². The third-order valence-electron chi connectivity index (χ3n) is 5.65. The summed E-state index contributed by atoms with van der Waals surface area (Å²) in [5, 5.41) is 8.00. The number of esters is 3. The van der Waals surface area contributed by atoms with Gasteiger partial charge in [-0.2, -0.15) is 0 Å². The van der Waals surface area contributed by atoms with Crippen molar-refractivity contribution in [2.45, 2.75) is 28.4 Å². The summed E-state index contributed by atoms with van der Waals surface area (Å²) in [5.74, 6) is -3.08. The van der Waals surface area contributed by atoms with Crippen molar-refractivity contribution in [2.24, 2.45) is 0 Å². The fourth-order valence-corrected chi connectivity index (χ4v) is 3.85. The Kier molecular flexibility index (Phi) is 9.65. The first-order chi connectivity index (χ1) is 19.1. The van der Waals surface area contributed by atoms with Gasteiger partial charge in [0.25, 0.3) is 3.79 Å². The molecular weight excluding hydrogens is 585 g/mol. The van der Waals surface area contributed by atoms with Gasteiger partial charge in [-0.3, -0.25) is 5.41 Å². The Morgan fingerprint density at radius 3 is 1.55 bits per heavy atom. The van der Waals surface area contributed by atoms with Crippen LogP contribution in [0.15, 0.2) is 91.0 Å². The van der Waals surface area contributed by atoms with Crippen LogP contribution in [0.4, 0.5) is 0 Å². The lowest BCUT2D eigenvalue weighted by molar-refractivity contribution is -0.128. The highest BCUT2D eigenvalue weighted by Gasteiger charge is 2.53. The van der Waals surface area contributed by atoms with Gasteiger partial charge in [0, 0.05) is 0 Å². The number of benzene rings is 3. The van der Waals surface area contributed by atoms with Crippen LogP contribution in [0.3, 0.4) is 0 Å². The van der Waals surface area contributed by atoms with Gasteiger partial charge in [0.05, 0.1) is 16.7 Å². The van der Waals surface area contributed by atoms with Gasteiger partial charge in [-0.1, -0.05) is 89.4 Å². The topological polar surface area (TPSA) is 121 Å². The summed E-state index contributed by atoms with van der Waals surface area (Å²) in [6.07, 6.45) is -5.56. The molecule has 0 bridgehead atoms. The molecule has 0 radical (unpaired) electrons. The van der Waals surface area contributed by atoms with Gasteiger partial charge >= 0.3 is 17.9 Å². The molecule has 0 amide bonds. The highest BCUT2D eigenvalue weighted by molar-refractivity contribution is 6.76. The zero-order valence-electron chi connectivity index (χ0n) is 20.6. The largest absolute Gasteiger partial charge is 0.459 e. The van der Waals surface area contributed by atoms with E-state index < -0.39 is 58.8 Å². The number of hydrogen-bond donors (Lipinski definition) is 1. The number of nitrogens with one attached hydrogen (secondary N) is 1. The molecule has 0 aliphatic carbocycles. The molecule has 4 rings (SSSR count). The Morgan fingerprint density at radius 1 is 0.675 bits per heavy atom. The number of carbonyl (C=O) groups excluding carboxylic acids is 3. The molecule has 0 spiro atoms. The van der Waals surface area contributed by atoms with Crippen molar-refractivity contribution in [3.63, 3.8) is 0 Å². The van der Waals surface area contributed by atoms with E-state index in [1.807, 2.05) is 0 Å². The van der Waals surface area contributed by atoms with E-state index >= 15 is 0 Å². The highest BCUT2D eigenvalue weighted by Crippen LogP contribution is 2.34. The van der Waals surface area contributed by atoms with Gasteiger partial charge in [-0.05, 0) is 36.4 Å². The van der Waals surface area contributed by atoms with E-state index in [-0.39, 0.29) is 16.7 Å². The summed E-state index contributed by atoms with van der Waals surface area (Å²) in [6.45, 7) is -0.430. The first-order valence-corrected chi connectivity index (χ1v) is 13.0. The third-order valence-corrected chi connectivity index (χ3v) is 6.17. The number of carbonyl (C=O) groups is 3. The maximum absolute atomic E-state index is 13.0. The molecule has 40 heavy (non-hydrogen) atoms. The Bertz CT molecular complexity index is 1340. The minimum absolute atomic E-state index is 0.185. The molecule has 1 aliphatic rings. The minimum atomic E-state index is -2.27. The second-order valence-electron chi connectivity index (χ2n) is 8.42. The predicted molar refractivity (Wildman–Crippen MR) is 146 cm³/mol. The van der Waals surface area contributed by atoms with Gasteiger partial charge in [-0.25, -0.2) is 14.4 Å². The van der Waals surface area contributed by atoms with Crippen LogP contribution < -0.4 is 0 Å². The molecule has 208 valence electrons. The third kappa shape index (κ3) is 7.51. The van der Waals surface area contributed by atoms with Crippen LogP contribution in [-0.2, 0) is 23.7 Å². The van der Waals surface area contributed by atoms with Crippen molar-refractivity contribution in [2.75, 3.05) is 6.61 Å². The van der Waals surface area contributed by atoms with E-state index in [9.17, 15) is 14.4 Å². The minimum Gasteiger partial charge on any atom is -0.459 e. The van der Waals surface area contributed by atoms with Crippen LogP contribution in [0.25, 0.3) is 0 Å². The van der Waals surface area contributed by atoms with Gasteiger partial charge in [0.2, 0.25) is 18.3 Å². The van der Waals surface area contributed by atoms with Crippen molar-refractivity contribution >= 4 is 58.6 Å². The molecule has 1 heterocycles. The lowest BCUT2D eigenvalue weighted by atomic mass is 10.1. The van der Waals surface area contributed by atoms with Crippen LogP contribution in [0.2, 0.25) is 0 Å². The predicted octanol–water partition coefficient (Wildman–Crippen LogP) is 5.38. The Labute approximate surface area is 244 Å². The van der Waals surface area contributed by atoms with Gasteiger partial charge in [-0.15, -0.1) is 0 Å². The summed E-state index contributed by atoms with van der Waals surface area (Å²) in [4.78, 5) is 38.6. The zero-order valence-corrected chi connectivity index (χ0v) is 22.8. The molecule has 4 atom stereocenters. The molecule has 12 heteroatoms. The van der Waals surface area contributed by atoms with E-state index in [4.69, 9.17) is 63.9 Å². The van der Waals surface area contributed by atoms with Gasteiger partial charge in [0.1, 0.15) is 12.7 Å². The summed E-state index contributed by atoms with van der Waals surface area (Å²) in [7, 11) is 0. The fraction of sp³-hybridized carbons (Fsp3) is 0.214. The quantitative estimate of drug-likeness (QED) is 0.119. The second-order valence-corrected chi connectivity index (χ2v) is 10.7. The number of alkyl halides is 3. The van der Waals surface area contributed by atoms with E-state index in [1.165, 1.54) is 24.3 Å². The first kappa shape index (κ1) is 29.4. The van der Waals surface area contributed by atoms with Crippen molar-refractivity contribution in [1.82, 2.24) is 0 Å². The summed E-state index contributed by atoms with van der Waals surface area (Å²) in [5.41, 5.74) is 0.662. The molecule has 1 fully saturated rings. The molecule has 0 saturated carbocycles. The molecule has 1 aliphatic heterocycles. The van der Waals surface area contributed by atoms with E-state index in [2.05, 4.69) is 0 Å². The van der Waals surface area contributed by atoms with Crippen molar-refractivity contribution in [3.8, 4) is 0 Å². The summed E-state index contributed by atoms with van der Waals surface area (Å²) >= 11 is 17.3. The van der Waals surface area contributed by atoms with Gasteiger partial charge < -0.3 is 23.7 Å². The molecular formula is C28H22Cl3NO8. The normalized spacial score (nSPS) is 20.3. The molecule has 0 aromatic heterocycles. The lowest BCUT2D eigenvalue weighted by Gasteiger charge is -2.25. The molecule has 1 saturated heterocycles. The van der Waals surface area contributed by atoms with Gasteiger partial charge in [0.15, 0.2) is 6.10 Å². The maximum atomic E-state index is 13.0. The number of halogens is 3. The number of rotatable bonds is 8. The average Bonchev–Trinajstić information content (AvgIpc) is 3.27. The average molecular weight is 607 g/mol. The first-order valence-electron chi connectivity index (χ1n) is 11.9. The van der Waals surface area contributed by atoms with E-state index in [0.717, 1.165) is 0 Å². The molecule has 9 nitrogen and oxygen atoms in total. The molecule has 1 N–H and O–H groups in total. The van der Waals surface area contributed by atoms with E-state index in [1.54, 1.807) is 66.7 Å². The second kappa shape index (κ2) is 13.1. The number of ether oxygens (including phenoxy) is 5.